The van der Waals surface area contributed by atoms with Crippen LogP contribution in [0.1, 0.15) is 55.2 Å². The molecule has 136 valence electrons. The molecule has 7 heteroatoms. The minimum absolute atomic E-state index is 0.00115. The molecule has 2 fully saturated rings. The van der Waals surface area contributed by atoms with Crippen LogP contribution in [0.3, 0.4) is 0 Å². The number of H-pyrrole nitrogens is 1. The summed E-state index contributed by atoms with van der Waals surface area (Å²) in [6, 6.07) is 7.31. The summed E-state index contributed by atoms with van der Waals surface area (Å²) in [5.74, 6) is 1.47. The smallest absolute Gasteiger partial charge is 0.251 e. The number of amides is 2. The maximum absolute atomic E-state index is 12.7. The molecule has 4 rings (SSSR count). The van der Waals surface area contributed by atoms with Gasteiger partial charge in [-0.05, 0) is 37.8 Å². The Hall–Kier alpha value is -2.70. The van der Waals surface area contributed by atoms with E-state index in [1.54, 1.807) is 12.1 Å². The Morgan fingerprint density at radius 3 is 2.69 bits per heavy atom. The van der Waals surface area contributed by atoms with Crippen LogP contribution in [-0.4, -0.2) is 38.6 Å². The summed E-state index contributed by atoms with van der Waals surface area (Å²) >= 11 is 0. The Morgan fingerprint density at radius 1 is 1.31 bits per heavy atom. The van der Waals surface area contributed by atoms with Gasteiger partial charge in [0.2, 0.25) is 5.91 Å². The largest absolute Gasteiger partial charge is 0.349 e. The molecule has 1 aromatic carbocycles. The number of rotatable bonds is 4. The summed E-state index contributed by atoms with van der Waals surface area (Å²) in [5.41, 5.74) is 1.24. The van der Waals surface area contributed by atoms with E-state index >= 15 is 0 Å². The van der Waals surface area contributed by atoms with Gasteiger partial charge in [-0.15, -0.1) is 0 Å². The molecule has 1 saturated heterocycles. The first kappa shape index (κ1) is 16.8. The molecule has 26 heavy (non-hydrogen) atoms. The third-order valence-electron chi connectivity index (χ3n) is 5.54. The zero-order valence-corrected chi connectivity index (χ0v) is 14.8. The average molecular weight is 353 g/mol. The Kier molecular flexibility index (Phi) is 4.22. The minimum atomic E-state index is -0.236. The number of nitrogens with one attached hydrogen (secondary N) is 3. The van der Waals surface area contributed by atoms with Gasteiger partial charge in [0.1, 0.15) is 5.82 Å². The maximum Gasteiger partial charge on any atom is 0.251 e. The van der Waals surface area contributed by atoms with Gasteiger partial charge in [0.15, 0.2) is 5.82 Å². The van der Waals surface area contributed by atoms with Crippen LogP contribution in [0.4, 0.5) is 0 Å². The molecule has 2 heterocycles. The molecular formula is C19H23N5O2. The topological polar surface area (TPSA) is 99.8 Å². The lowest BCUT2D eigenvalue weighted by molar-refractivity contribution is -0.127. The predicted octanol–water partition coefficient (Wildman–Crippen LogP) is 1.97. The Morgan fingerprint density at radius 2 is 2.08 bits per heavy atom. The predicted molar refractivity (Wildman–Crippen MR) is 96.4 cm³/mol. The number of hydrogen-bond donors (Lipinski definition) is 3. The first-order valence-electron chi connectivity index (χ1n) is 9.23. The quantitative estimate of drug-likeness (QED) is 0.782. The van der Waals surface area contributed by atoms with Crippen LogP contribution >= 0.6 is 0 Å². The van der Waals surface area contributed by atoms with Crippen molar-refractivity contribution in [2.75, 3.05) is 0 Å². The summed E-state index contributed by atoms with van der Waals surface area (Å²) in [6.45, 7) is 2.01. The molecule has 1 aromatic heterocycles. The highest BCUT2D eigenvalue weighted by molar-refractivity contribution is 5.95. The van der Waals surface area contributed by atoms with Gasteiger partial charge in [-0.3, -0.25) is 14.7 Å². The number of carbonyl (C=O) groups is 2. The van der Waals surface area contributed by atoms with Gasteiger partial charge < -0.3 is 10.6 Å². The zero-order valence-electron chi connectivity index (χ0n) is 14.8. The number of benzene rings is 1. The normalized spacial score (nSPS) is 21.1. The molecule has 2 amide bonds. The molecule has 2 aliphatic rings. The maximum atomic E-state index is 12.7. The zero-order chi connectivity index (χ0) is 18.1. The van der Waals surface area contributed by atoms with Crippen molar-refractivity contribution in [1.82, 2.24) is 25.8 Å². The van der Waals surface area contributed by atoms with Gasteiger partial charge in [0.05, 0.1) is 11.6 Å². The summed E-state index contributed by atoms with van der Waals surface area (Å²) in [4.78, 5) is 28.8. The number of hydrogen-bond acceptors (Lipinski definition) is 4. The van der Waals surface area contributed by atoms with Crippen molar-refractivity contribution in [3.05, 3.63) is 35.7 Å². The number of piperidine rings is 1. The standard InChI is InChI=1S/C19H23N5O2/c1-2-15-21-17(24-23-15)12-4-6-13(7-5-12)18(26)20-14-8-9-16(25)22-19(14)10-3-11-19/h4-7,14H,2-3,8-11H2,1H3,(H,20,26)(H,22,25)(H,21,23,24). The first-order valence-corrected chi connectivity index (χ1v) is 9.23. The molecule has 2 aromatic rings. The van der Waals surface area contributed by atoms with E-state index in [-0.39, 0.29) is 23.4 Å². The van der Waals surface area contributed by atoms with Crippen LogP contribution in [0.25, 0.3) is 11.4 Å². The van der Waals surface area contributed by atoms with Gasteiger partial charge in [0, 0.05) is 24.0 Å². The van der Waals surface area contributed by atoms with Crippen molar-refractivity contribution in [3.63, 3.8) is 0 Å². The van der Waals surface area contributed by atoms with E-state index in [0.29, 0.717) is 24.2 Å². The lowest BCUT2D eigenvalue weighted by atomic mass is 9.68. The highest BCUT2D eigenvalue weighted by atomic mass is 16.2. The second-order valence-corrected chi connectivity index (χ2v) is 7.16. The monoisotopic (exact) mass is 353 g/mol. The second kappa shape index (κ2) is 6.55. The number of nitrogens with zero attached hydrogens (tertiary/aromatic N) is 2. The average Bonchev–Trinajstić information content (AvgIpc) is 3.11. The van der Waals surface area contributed by atoms with Crippen LogP contribution < -0.4 is 10.6 Å². The molecule has 7 nitrogen and oxygen atoms in total. The number of aromatic amines is 1. The molecule has 1 atom stereocenters. The minimum Gasteiger partial charge on any atom is -0.349 e. The number of aryl methyl sites for hydroxylation is 1. The van der Waals surface area contributed by atoms with Gasteiger partial charge in [-0.2, -0.15) is 5.10 Å². The van der Waals surface area contributed by atoms with Gasteiger partial charge in [-0.1, -0.05) is 19.1 Å². The van der Waals surface area contributed by atoms with E-state index in [4.69, 9.17) is 0 Å². The SMILES string of the molecule is CCc1nc(-c2ccc(C(=O)NC3CCC(=O)NC34CCC4)cc2)n[nH]1. The molecule has 1 unspecified atom stereocenters. The van der Waals surface area contributed by atoms with Crippen LogP contribution in [-0.2, 0) is 11.2 Å². The van der Waals surface area contributed by atoms with E-state index in [0.717, 1.165) is 37.1 Å². The fourth-order valence-corrected chi connectivity index (χ4v) is 3.82. The van der Waals surface area contributed by atoms with Gasteiger partial charge in [-0.25, -0.2) is 4.98 Å². The van der Waals surface area contributed by atoms with Gasteiger partial charge >= 0.3 is 0 Å². The van der Waals surface area contributed by atoms with E-state index in [1.807, 2.05) is 19.1 Å². The first-order chi connectivity index (χ1) is 12.6. The summed E-state index contributed by atoms with van der Waals surface area (Å²) in [6.07, 6.45) is 4.94. The molecule has 1 saturated carbocycles. The van der Waals surface area contributed by atoms with E-state index in [1.165, 1.54) is 0 Å². The fourth-order valence-electron chi connectivity index (χ4n) is 3.82. The van der Waals surface area contributed by atoms with E-state index in [9.17, 15) is 9.59 Å². The molecule has 0 radical (unpaired) electrons. The fraction of sp³-hybridized carbons (Fsp3) is 0.474. The molecule has 0 bridgehead atoms. The molecule has 1 aliphatic heterocycles. The van der Waals surface area contributed by atoms with Crippen molar-refractivity contribution >= 4 is 11.8 Å². The van der Waals surface area contributed by atoms with E-state index < -0.39 is 0 Å². The highest BCUT2D eigenvalue weighted by Gasteiger charge is 2.48. The van der Waals surface area contributed by atoms with Crippen LogP contribution in [0.15, 0.2) is 24.3 Å². The summed E-state index contributed by atoms with van der Waals surface area (Å²) < 4.78 is 0. The van der Waals surface area contributed by atoms with Crippen molar-refractivity contribution < 1.29 is 9.59 Å². The lowest BCUT2D eigenvalue weighted by Crippen LogP contribution is -2.68. The third kappa shape index (κ3) is 2.98. The summed E-state index contributed by atoms with van der Waals surface area (Å²) in [7, 11) is 0. The third-order valence-corrected chi connectivity index (χ3v) is 5.54. The summed E-state index contributed by atoms with van der Waals surface area (Å²) in [5, 5.41) is 13.3. The Bertz CT molecular complexity index is 823. The number of carbonyl (C=O) groups excluding carboxylic acids is 2. The lowest BCUT2D eigenvalue weighted by Gasteiger charge is -2.50. The Balaban J connectivity index is 1.45. The Labute approximate surface area is 152 Å². The van der Waals surface area contributed by atoms with Crippen LogP contribution in [0.2, 0.25) is 0 Å². The molecule has 1 aliphatic carbocycles. The van der Waals surface area contributed by atoms with Crippen LogP contribution in [0.5, 0.6) is 0 Å². The molecular weight excluding hydrogens is 330 g/mol. The second-order valence-electron chi connectivity index (χ2n) is 7.16. The van der Waals surface area contributed by atoms with Crippen molar-refractivity contribution in [1.29, 1.82) is 0 Å². The van der Waals surface area contributed by atoms with E-state index in [2.05, 4.69) is 25.8 Å². The molecule has 3 N–H and O–H groups in total. The molecule has 1 spiro atoms. The van der Waals surface area contributed by atoms with Crippen molar-refractivity contribution in [3.8, 4) is 11.4 Å². The van der Waals surface area contributed by atoms with Crippen molar-refractivity contribution in [2.24, 2.45) is 0 Å². The van der Waals surface area contributed by atoms with Crippen molar-refractivity contribution in [2.45, 2.75) is 57.0 Å². The van der Waals surface area contributed by atoms with Crippen LogP contribution in [0, 0.1) is 0 Å². The van der Waals surface area contributed by atoms with Gasteiger partial charge in [0.25, 0.3) is 5.91 Å². The number of aromatic nitrogens is 3. The highest BCUT2D eigenvalue weighted by Crippen LogP contribution is 2.39.